The van der Waals surface area contributed by atoms with Gasteiger partial charge in [0.05, 0.1) is 0 Å². The summed E-state index contributed by atoms with van der Waals surface area (Å²) in [5.74, 6) is -1.81. The van der Waals surface area contributed by atoms with E-state index in [0.717, 1.165) is 0 Å². The van der Waals surface area contributed by atoms with Crippen LogP contribution in [-0.2, 0) is 28.3 Å². The lowest BCUT2D eigenvalue weighted by Gasteiger charge is -2.01. The van der Waals surface area contributed by atoms with Crippen LogP contribution in [0.1, 0.15) is 5.82 Å². The highest BCUT2D eigenvalue weighted by Gasteiger charge is 2.14. The number of sulfonamides is 1. The van der Waals surface area contributed by atoms with Gasteiger partial charge in [-0.05, 0) is 0 Å². The fourth-order valence-electron chi connectivity index (χ4n) is 1.03. The Labute approximate surface area is 92.3 Å². The molecule has 90 valence electrons. The van der Waals surface area contributed by atoms with E-state index >= 15 is 0 Å². The average molecular weight is 248 g/mol. The van der Waals surface area contributed by atoms with E-state index in [0.29, 0.717) is 12.2 Å². The summed E-state index contributed by atoms with van der Waals surface area (Å²) in [5, 5.41) is 12.3. The highest BCUT2D eigenvalue weighted by molar-refractivity contribution is 7.90. The Morgan fingerprint density at radius 1 is 1.62 bits per heavy atom. The van der Waals surface area contributed by atoms with Gasteiger partial charge >= 0.3 is 5.97 Å². The number of nitrogens with zero attached hydrogens (tertiary/aromatic N) is 3. The van der Waals surface area contributed by atoms with Crippen molar-refractivity contribution in [1.82, 2.24) is 19.5 Å². The van der Waals surface area contributed by atoms with E-state index in [1.807, 2.05) is 0 Å². The Kier molecular flexibility index (Phi) is 3.96. The molecule has 2 N–H and O–H groups in total. The van der Waals surface area contributed by atoms with Crippen molar-refractivity contribution in [1.29, 1.82) is 0 Å². The third-order valence-electron chi connectivity index (χ3n) is 1.63. The van der Waals surface area contributed by atoms with Crippen LogP contribution in [0.4, 0.5) is 0 Å². The third kappa shape index (κ3) is 4.36. The molecular weight excluding hydrogens is 236 g/mol. The van der Waals surface area contributed by atoms with Crippen molar-refractivity contribution in [2.24, 2.45) is 7.05 Å². The summed E-state index contributed by atoms with van der Waals surface area (Å²) in [7, 11) is -2.06. The van der Waals surface area contributed by atoms with Crippen molar-refractivity contribution >= 4 is 16.0 Å². The van der Waals surface area contributed by atoms with E-state index in [1.54, 1.807) is 7.05 Å². The Hall–Kier alpha value is -1.48. The first kappa shape index (κ1) is 12.6. The number of hydrogen-bond donors (Lipinski definition) is 2. The number of aryl methyl sites for hydroxylation is 1. The zero-order valence-electron chi connectivity index (χ0n) is 8.62. The van der Waals surface area contributed by atoms with Gasteiger partial charge in [-0.3, -0.25) is 9.48 Å². The summed E-state index contributed by atoms with van der Waals surface area (Å²) in [6, 6.07) is 0. The summed E-state index contributed by atoms with van der Waals surface area (Å²) in [6.07, 6.45) is 1.82. The van der Waals surface area contributed by atoms with Crippen LogP contribution < -0.4 is 4.72 Å². The number of aromatic nitrogens is 3. The number of aliphatic carboxylic acids is 1. The smallest absolute Gasteiger partial charge is 0.320 e. The molecule has 0 saturated heterocycles. The molecule has 8 nitrogen and oxygen atoms in total. The Morgan fingerprint density at radius 3 is 2.81 bits per heavy atom. The van der Waals surface area contributed by atoms with Gasteiger partial charge in [-0.25, -0.2) is 18.1 Å². The largest absolute Gasteiger partial charge is 0.480 e. The summed E-state index contributed by atoms with van der Waals surface area (Å²) < 4.78 is 25.8. The molecule has 16 heavy (non-hydrogen) atoms. The maximum atomic E-state index is 11.1. The minimum Gasteiger partial charge on any atom is -0.480 e. The SMILES string of the molecule is Cn1cnc(CCNS(=O)(=O)CC(=O)O)n1. The van der Waals surface area contributed by atoms with Gasteiger partial charge in [0.25, 0.3) is 0 Å². The van der Waals surface area contributed by atoms with Gasteiger partial charge < -0.3 is 5.11 Å². The van der Waals surface area contributed by atoms with Gasteiger partial charge in [-0.2, -0.15) is 5.10 Å². The fourth-order valence-corrected chi connectivity index (χ4v) is 1.87. The highest BCUT2D eigenvalue weighted by Crippen LogP contribution is 1.90. The molecule has 0 unspecified atom stereocenters. The molecule has 0 aliphatic heterocycles. The van der Waals surface area contributed by atoms with Gasteiger partial charge in [0, 0.05) is 20.0 Å². The normalized spacial score (nSPS) is 11.6. The van der Waals surface area contributed by atoms with Gasteiger partial charge in [-0.15, -0.1) is 0 Å². The van der Waals surface area contributed by atoms with Gasteiger partial charge in [-0.1, -0.05) is 0 Å². The van der Waals surface area contributed by atoms with Crippen LogP contribution in [0.5, 0.6) is 0 Å². The van der Waals surface area contributed by atoms with E-state index in [1.165, 1.54) is 11.0 Å². The van der Waals surface area contributed by atoms with Crippen molar-refractivity contribution in [3.05, 3.63) is 12.2 Å². The van der Waals surface area contributed by atoms with Gasteiger partial charge in [0.1, 0.15) is 6.33 Å². The number of carboxylic acid groups (broad SMARTS) is 1. The number of carbonyl (C=O) groups is 1. The second-order valence-electron chi connectivity index (χ2n) is 3.13. The third-order valence-corrected chi connectivity index (χ3v) is 2.90. The molecule has 0 fully saturated rings. The minimum atomic E-state index is -3.76. The molecular formula is C7H12N4O4S. The lowest BCUT2D eigenvalue weighted by atomic mass is 10.4. The quantitative estimate of drug-likeness (QED) is 0.624. The first-order valence-electron chi connectivity index (χ1n) is 4.43. The second-order valence-corrected chi connectivity index (χ2v) is 4.94. The molecule has 1 aromatic rings. The lowest BCUT2D eigenvalue weighted by molar-refractivity contribution is -0.134. The van der Waals surface area contributed by atoms with Crippen molar-refractivity contribution in [2.45, 2.75) is 6.42 Å². The van der Waals surface area contributed by atoms with Gasteiger partial charge in [0.15, 0.2) is 11.6 Å². The van der Waals surface area contributed by atoms with E-state index < -0.39 is 21.7 Å². The topological polar surface area (TPSA) is 114 Å². The molecule has 0 saturated carbocycles. The number of carboxylic acids is 1. The number of rotatable bonds is 6. The molecule has 1 heterocycles. The summed E-state index contributed by atoms with van der Waals surface area (Å²) in [6.45, 7) is 0.0830. The molecule has 0 spiro atoms. The molecule has 0 aromatic carbocycles. The Morgan fingerprint density at radius 2 is 2.31 bits per heavy atom. The summed E-state index contributed by atoms with van der Waals surface area (Å²) in [4.78, 5) is 14.1. The van der Waals surface area contributed by atoms with Crippen LogP contribution >= 0.6 is 0 Å². The highest BCUT2D eigenvalue weighted by atomic mass is 32.2. The molecule has 1 aromatic heterocycles. The maximum Gasteiger partial charge on any atom is 0.320 e. The van der Waals surface area contributed by atoms with E-state index in [2.05, 4.69) is 14.8 Å². The predicted octanol–water partition coefficient (Wildman–Crippen LogP) is -1.64. The number of hydrogen-bond acceptors (Lipinski definition) is 5. The van der Waals surface area contributed by atoms with Crippen LogP contribution in [0, 0.1) is 0 Å². The van der Waals surface area contributed by atoms with Crippen LogP contribution in [0.25, 0.3) is 0 Å². The Balaban J connectivity index is 2.38. The molecule has 0 radical (unpaired) electrons. The van der Waals surface area contributed by atoms with Crippen LogP contribution in [0.2, 0.25) is 0 Å². The summed E-state index contributed by atoms with van der Waals surface area (Å²) >= 11 is 0. The average Bonchev–Trinajstić information content (AvgIpc) is 2.48. The molecule has 1 rings (SSSR count). The van der Waals surface area contributed by atoms with E-state index in [9.17, 15) is 13.2 Å². The number of nitrogens with one attached hydrogen (secondary N) is 1. The Bertz CT molecular complexity index is 466. The van der Waals surface area contributed by atoms with Crippen molar-refractivity contribution in [3.63, 3.8) is 0 Å². The molecule has 0 aliphatic carbocycles. The second kappa shape index (κ2) is 5.03. The molecule has 9 heteroatoms. The predicted molar refractivity (Wildman–Crippen MR) is 54.1 cm³/mol. The molecule has 0 amide bonds. The zero-order valence-corrected chi connectivity index (χ0v) is 9.44. The van der Waals surface area contributed by atoms with E-state index in [4.69, 9.17) is 5.11 Å². The fraction of sp³-hybridized carbons (Fsp3) is 0.571. The van der Waals surface area contributed by atoms with Crippen molar-refractivity contribution < 1.29 is 18.3 Å². The molecule has 0 aliphatic rings. The lowest BCUT2D eigenvalue weighted by Crippen LogP contribution is -2.31. The minimum absolute atomic E-state index is 0.0830. The maximum absolute atomic E-state index is 11.1. The first-order chi connectivity index (χ1) is 7.39. The molecule has 0 atom stereocenters. The monoisotopic (exact) mass is 248 g/mol. The summed E-state index contributed by atoms with van der Waals surface area (Å²) in [5.41, 5.74) is 0. The molecule has 0 bridgehead atoms. The first-order valence-corrected chi connectivity index (χ1v) is 6.08. The van der Waals surface area contributed by atoms with Crippen LogP contribution in [0.3, 0.4) is 0 Å². The zero-order chi connectivity index (χ0) is 12.2. The van der Waals surface area contributed by atoms with E-state index in [-0.39, 0.29) is 6.54 Å². The van der Waals surface area contributed by atoms with Crippen molar-refractivity contribution in [2.75, 3.05) is 12.3 Å². The van der Waals surface area contributed by atoms with Crippen molar-refractivity contribution in [3.8, 4) is 0 Å². The van der Waals surface area contributed by atoms with Crippen LogP contribution in [-0.4, -0.2) is 46.6 Å². The van der Waals surface area contributed by atoms with Gasteiger partial charge in [0.2, 0.25) is 10.0 Å². The standard InChI is InChI=1S/C7H12N4O4S/c1-11-5-8-6(10-11)2-3-9-16(14,15)4-7(12)13/h5,9H,2-4H2,1H3,(H,12,13). The van der Waals surface area contributed by atoms with Crippen LogP contribution in [0.15, 0.2) is 6.33 Å².